The number of tetrazole rings is 1. The minimum absolute atomic E-state index is 0.0286. The molecule has 1 aliphatic heterocycles. The van der Waals surface area contributed by atoms with E-state index in [-0.39, 0.29) is 11.6 Å². The van der Waals surface area contributed by atoms with Crippen molar-refractivity contribution in [3.63, 3.8) is 0 Å². The number of nitrogens with one attached hydrogen (secondary N) is 1. The first-order valence-corrected chi connectivity index (χ1v) is 6.89. The molecule has 1 aliphatic rings. The molecule has 0 radical (unpaired) electrons. The van der Waals surface area contributed by atoms with Gasteiger partial charge in [0.1, 0.15) is 11.7 Å². The van der Waals surface area contributed by atoms with Crippen LogP contribution >= 0.6 is 0 Å². The number of carbonyl (C=O) groups is 1. The van der Waals surface area contributed by atoms with Gasteiger partial charge in [0.05, 0.1) is 21.3 Å². The molecule has 0 amide bonds. The largest absolute Gasteiger partial charge is 0.493 e. The maximum atomic E-state index is 11.4. The minimum Gasteiger partial charge on any atom is -0.493 e. The molecular formula is C14H15N5O5. The van der Waals surface area contributed by atoms with Crippen LogP contribution in [0.3, 0.4) is 0 Å². The van der Waals surface area contributed by atoms with E-state index in [2.05, 4.69) is 20.8 Å². The van der Waals surface area contributed by atoms with Gasteiger partial charge in [-0.2, -0.15) is 4.68 Å². The first-order valence-electron chi connectivity index (χ1n) is 6.89. The van der Waals surface area contributed by atoms with Crippen molar-refractivity contribution in [2.24, 2.45) is 0 Å². The van der Waals surface area contributed by atoms with Crippen LogP contribution in [0.2, 0.25) is 0 Å². The number of rotatable bonds is 5. The zero-order valence-corrected chi connectivity index (χ0v) is 13.2. The van der Waals surface area contributed by atoms with E-state index in [1.165, 1.54) is 32.1 Å². The van der Waals surface area contributed by atoms with Crippen molar-refractivity contribution < 1.29 is 24.1 Å². The van der Waals surface area contributed by atoms with Crippen molar-refractivity contribution in [1.82, 2.24) is 20.2 Å². The normalized spacial score (nSPS) is 15.8. The lowest BCUT2D eigenvalue weighted by Gasteiger charge is -2.24. The SMILES string of the molecule is COc1ccc([C@H]2C=C(C(=O)O)Nc3nnnn32)c(OC)c1OC. The molecule has 10 nitrogen and oxygen atoms in total. The highest BCUT2D eigenvalue weighted by Crippen LogP contribution is 2.44. The molecular weight excluding hydrogens is 318 g/mol. The zero-order valence-electron chi connectivity index (χ0n) is 13.2. The van der Waals surface area contributed by atoms with E-state index in [1.54, 1.807) is 12.1 Å². The van der Waals surface area contributed by atoms with E-state index in [0.29, 0.717) is 22.8 Å². The fourth-order valence-electron chi connectivity index (χ4n) is 2.56. The quantitative estimate of drug-likeness (QED) is 0.813. The Balaban J connectivity index is 2.20. The highest BCUT2D eigenvalue weighted by atomic mass is 16.5. The molecule has 2 aromatic rings. The number of nitrogens with zero attached hydrogens (tertiary/aromatic N) is 4. The summed E-state index contributed by atoms with van der Waals surface area (Å²) in [5.74, 6) is 0.402. The van der Waals surface area contributed by atoms with Crippen LogP contribution in [0.4, 0.5) is 5.95 Å². The molecule has 1 aromatic heterocycles. The lowest BCUT2D eigenvalue weighted by atomic mass is 10.0. The first kappa shape index (κ1) is 15.6. The van der Waals surface area contributed by atoms with Crippen LogP contribution in [0.5, 0.6) is 17.2 Å². The lowest BCUT2D eigenvalue weighted by molar-refractivity contribution is -0.132. The zero-order chi connectivity index (χ0) is 17.3. The molecule has 1 aromatic carbocycles. The summed E-state index contributed by atoms with van der Waals surface area (Å²) in [4.78, 5) is 11.4. The monoisotopic (exact) mass is 333 g/mol. The minimum atomic E-state index is -1.12. The van der Waals surface area contributed by atoms with Crippen molar-refractivity contribution in [3.8, 4) is 17.2 Å². The predicted octanol–water partition coefficient (Wildman–Crippen LogP) is 0.682. The van der Waals surface area contributed by atoms with Gasteiger partial charge in [0.25, 0.3) is 0 Å². The second-order valence-electron chi connectivity index (χ2n) is 4.83. The van der Waals surface area contributed by atoms with Gasteiger partial charge in [0, 0.05) is 5.56 Å². The Hall–Kier alpha value is -3.30. The summed E-state index contributed by atoms with van der Waals surface area (Å²) in [6.45, 7) is 0. The number of ether oxygens (including phenoxy) is 3. The molecule has 0 spiro atoms. The summed E-state index contributed by atoms with van der Waals surface area (Å²) in [6.07, 6.45) is 1.50. The van der Waals surface area contributed by atoms with Crippen molar-refractivity contribution in [2.45, 2.75) is 6.04 Å². The highest BCUT2D eigenvalue weighted by molar-refractivity contribution is 5.90. The van der Waals surface area contributed by atoms with E-state index in [0.717, 1.165) is 0 Å². The highest BCUT2D eigenvalue weighted by Gasteiger charge is 2.30. The molecule has 0 unspecified atom stereocenters. The van der Waals surface area contributed by atoms with E-state index in [9.17, 15) is 9.90 Å². The summed E-state index contributed by atoms with van der Waals surface area (Å²) < 4.78 is 17.6. The molecule has 2 N–H and O–H groups in total. The molecule has 0 saturated carbocycles. The third-order valence-electron chi connectivity index (χ3n) is 3.61. The molecule has 10 heteroatoms. The number of hydrogen-bond donors (Lipinski definition) is 2. The van der Waals surface area contributed by atoms with Crippen LogP contribution in [0.1, 0.15) is 11.6 Å². The number of aromatic nitrogens is 4. The van der Waals surface area contributed by atoms with Crippen molar-refractivity contribution >= 4 is 11.9 Å². The molecule has 1 atom stereocenters. The van der Waals surface area contributed by atoms with Gasteiger partial charge in [-0.3, -0.25) is 0 Å². The van der Waals surface area contributed by atoms with Gasteiger partial charge in [0.2, 0.25) is 11.7 Å². The van der Waals surface area contributed by atoms with E-state index in [1.807, 2.05) is 0 Å². The van der Waals surface area contributed by atoms with Gasteiger partial charge in [-0.15, -0.1) is 0 Å². The first-order chi connectivity index (χ1) is 11.6. The average Bonchev–Trinajstić information content (AvgIpc) is 3.07. The number of benzene rings is 1. The van der Waals surface area contributed by atoms with Gasteiger partial charge >= 0.3 is 5.97 Å². The molecule has 2 heterocycles. The lowest BCUT2D eigenvalue weighted by Crippen LogP contribution is -2.24. The van der Waals surface area contributed by atoms with Crippen molar-refractivity contribution in [3.05, 3.63) is 29.5 Å². The molecule has 0 fully saturated rings. The van der Waals surface area contributed by atoms with Crippen molar-refractivity contribution in [1.29, 1.82) is 0 Å². The number of fused-ring (bicyclic) bond motifs is 1. The second kappa shape index (κ2) is 6.07. The Kier molecular flexibility index (Phi) is 3.94. The molecule has 0 aliphatic carbocycles. The third-order valence-corrected chi connectivity index (χ3v) is 3.61. The topological polar surface area (TPSA) is 121 Å². The Labute approximate surface area is 136 Å². The molecule has 3 rings (SSSR count). The fourth-order valence-corrected chi connectivity index (χ4v) is 2.56. The molecule has 126 valence electrons. The number of carboxylic acid groups (broad SMARTS) is 1. The van der Waals surface area contributed by atoms with Crippen LogP contribution in [0.25, 0.3) is 0 Å². The standard InChI is InChI=1S/C14H15N5O5/c1-22-10-5-4-7(11(23-2)12(10)24-3)9-6-8(13(20)21)15-14-16-17-18-19(9)14/h4-6,9H,1-3H3,(H,20,21)(H,15,16,18)/t9-/m1/s1. The fraction of sp³-hybridized carbons (Fsp3) is 0.286. The smallest absolute Gasteiger partial charge is 0.352 e. The molecule has 24 heavy (non-hydrogen) atoms. The van der Waals surface area contributed by atoms with E-state index < -0.39 is 12.0 Å². The van der Waals surface area contributed by atoms with Crippen LogP contribution in [-0.4, -0.2) is 52.6 Å². The summed E-state index contributed by atoms with van der Waals surface area (Å²) in [5.41, 5.74) is 0.600. The van der Waals surface area contributed by atoms with Crippen LogP contribution in [0.15, 0.2) is 23.9 Å². The van der Waals surface area contributed by atoms with Gasteiger partial charge in [-0.25, -0.2) is 4.79 Å². The second-order valence-corrected chi connectivity index (χ2v) is 4.83. The number of carboxylic acids is 1. The van der Waals surface area contributed by atoms with Gasteiger partial charge < -0.3 is 24.6 Å². The number of hydrogen-bond acceptors (Lipinski definition) is 8. The predicted molar refractivity (Wildman–Crippen MR) is 81.4 cm³/mol. The average molecular weight is 333 g/mol. The van der Waals surface area contributed by atoms with Crippen LogP contribution in [0, 0.1) is 0 Å². The maximum Gasteiger partial charge on any atom is 0.352 e. The van der Waals surface area contributed by atoms with Crippen LogP contribution < -0.4 is 19.5 Å². The third kappa shape index (κ3) is 2.37. The van der Waals surface area contributed by atoms with Crippen LogP contribution in [-0.2, 0) is 4.79 Å². The van der Waals surface area contributed by atoms with Gasteiger partial charge in [0.15, 0.2) is 11.5 Å². The number of allylic oxidation sites excluding steroid dienone is 1. The maximum absolute atomic E-state index is 11.4. The Morgan fingerprint density at radius 2 is 1.96 bits per heavy atom. The van der Waals surface area contributed by atoms with Crippen molar-refractivity contribution in [2.75, 3.05) is 26.6 Å². The van der Waals surface area contributed by atoms with E-state index >= 15 is 0 Å². The summed E-state index contributed by atoms with van der Waals surface area (Å²) in [7, 11) is 4.50. The number of aliphatic carboxylic acids is 1. The van der Waals surface area contributed by atoms with Gasteiger partial charge in [-0.05, 0) is 28.6 Å². The molecule has 0 bridgehead atoms. The van der Waals surface area contributed by atoms with Gasteiger partial charge in [-0.1, -0.05) is 5.10 Å². The summed E-state index contributed by atoms with van der Waals surface area (Å²) in [5, 5.41) is 23.2. The Morgan fingerprint density at radius 3 is 2.58 bits per heavy atom. The van der Waals surface area contributed by atoms with E-state index in [4.69, 9.17) is 14.2 Å². The Morgan fingerprint density at radius 1 is 1.21 bits per heavy atom. The Bertz CT molecular complexity index is 816. The number of anilines is 1. The number of methoxy groups -OCH3 is 3. The summed E-state index contributed by atoms with van der Waals surface area (Å²) in [6, 6.07) is 2.87. The molecule has 0 saturated heterocycles. The summed E-state index contributed by atoms with van der Waals surface area (Å²) >= 11 is 0.